The number of amides is 1. The van der Waals surface area contributed by atoms with E-state index in [0.717, 1.165) is 17.2 Å². The van der Waals surface area contributed by atoms with E-state index in [1.165, 1.54) is 0 Å². The Labute approximate surface area is 104 Å². The minimum atomic E-state index is -0.219. The molecule has 0 aliphatic rings. The van der Waals surface area contributed by atoms with Crippen molar-refractivity contribution in [3.63, 3.8) is 0 Å². The molecule has 0 bridgehead atoms. The van der Waals surface area contributed by atoms with Gasteiger partial charge in [0.05, 0.1) is 5.75 Å². The van der Waals surface area contributed by atoms with Gasteiger partial charge in [-0.05, 0) is 30.5 Å². The smallest absolute Gasteiger partial charge is 0.291 e. The van der Waals surface area contributed by atoms with Crippen LogP contribution in [0.25, 0.3) is 0 Å². The van der Waals surface area contributed by atoms with Crippen LogP contribution < -0.4 is 5.32 Å². The van der Waals surface area contributed by atoms with Crippen LogP contribution in [0.1, 0.15) is 16.3 Å². The van der Waals surface area contributed by atoms with Gasteiger partial charge in [-0.3, -0.25) is 4.79 Å². The Kier molecular flexibility index (Phi) is 3.88. The van der Waals surface area contributed by atoms with Crippen LogP contribution in [0.3, 0.4) is 0 Å². The lowest BCUT2D eigenvalue weighted by molar-refractivity contribution is 0.0995. The highest BCUT2D eigenvalue weighted by Gasteiger charge is 2.10. The van der Waals surface area contributed by atoms with Crippen LogP contribution in [0, 0.1) is 0 Å². The van der Waals surface area contributed by atoms with E-state index in [4.69, 9.17) is 4.42 Å². The van der Waals surface area contributed by atoms with Crippen molar-refractivity contribution in [2.75, 3.05) is 11.6 Å². The third kappa shape index (κ3) is 3.14. The minimum Gasteiger partial charge on any atom is -0.455 e. The molecule has 1 N–H and O–H groups in total. The fourth-order valence-corrected chi connectivity index (χ4v) is 1.87. The van der Waals surface area contributed by atoms with Gasteiger partial charge in [-0.15, -0.1) is 0 Å². The number of furan rings is 1. The van der Waals surface area contributed by atoms with Crippen molar-refractivity contribution in [2.24, 2.45) is 0 Å². The average Bonchev–Trinajstić information content (AvgIpc) is 2.79. The number of nitrogens with one attached hydrogen (secondary N) is 1. The molecule has 0 aliphatic heterocycles. The molecule has 1 aromatic carbocycles. The predicted octanol–water partition coefficient (Wildman–Crippen LogP) is 3.39. The standard InChI is InChI=1S/C13H13NO2S/c1-17-9-11-7-8-12(16-11)13(15)14-10-5-3-2-4-6-10/h2-8H,9H2,1H3,(H,14,15). The van der Waals surface area contributed by atoms with E-state index in [9.17, 15) is 4.79 Å². The fourth-order valence-electron chi connectivity index (χ4n) is 1.43. The van der Waals surface area contributed by atoms with E-state index in [-0.39, 0.29) is 5.91 Å². The summed E-state index contributed by atoms with van der Waals surface area (Å²) in [7, 11) is 0. The number of hydrogen-bond acceptors (Lipinski definition) is 3. The summed E-state index contributed by atoms with van der Waals surface area (Å²) < 4.78 is 5.43. The summed E-state index contributed by atoms with van der Waals surface area (Å²) in [6.45, 7) is 0. The molecule has 1 aromatic heterocycles. The molecule has 0 fully saturated rings. The molecule has 1 heterocycles. The molecule has 3 nitrogen and oxygen atoms in total. The van der Waals surface area contributed by atoms with Crippen LogP contribution in [-0.2, 0) is 5.75 Å². The van der Waals surface area contributed by atoms with Gasteiger partial charge < -0.3 is 9.73 Å². The maximum Gasteiger partial charge on any atom is 0.291 e. The molecular formula is C13H13NO2S. The molecule has 0 saturated carbocycles. The first-order valence-electron chi connectivity index (χ1n) is 5.23. The number of carbonyl (C=O) groups excluding carboxylic acids is 1. The molecule has 2 rings (SSSR count). The summed E-state index contributed by atoms with van der Waals surface area (Å²) in [4.78, 5) is 11.8. The van der Waals surface area contributed by atoms with Gasteiger partial charge in [-0.25, -0.2) is 0 Å². The van der Waals surface area contributed by atoms with Crippen LogP contribution in [-0.4, -0.2) is 12.2 Å². The first-order valence-corrected chi connectivity index (χ1v) is 6.63. The molecule has 0 atom stereocenters. The van der Waals surface area contributed by atoms with Gasteiger partial charge in [0, 0.05) is 5.69 Å². The molecule has 1 amide bonds. The van der Waals surface area contributed by atoms with Gasteiger partial charge in [0.25, 0.3) is 5.91 Å². The lowest BCUT2D eigenvalue weighted by Crippen LogP contribution is -2.10. The number of benzene rings is 1. The minimum absolute atomic E-state index is 0.219. The number of hydrogen-bond donors (Lipinski definition) is 1. The van der Waals surface area contributed by atoms with Gasteiger partial charge in [-0.1, -0.05) is 18.2 Å². The second-order valence-corrected chi connectivity index (χ2v) is 4.39. The van der Waals surface area contributed by atoms with Gasteiger partial charge in [0.2, 0.25) is 0 Å². The second kappa shape index (κ2) is 5.59. The van der Waals surface area contributed by atoms with E-state index in [0.29, 0.717) is 5.76 Å². The van der Waals surface area contributed by atoms with Crippen LogP contribution in [0.2, 0.25) is 0 Å². The van der Waals surface area contributed by atoms with Crippen LogP contribution in [0.15, 0.2) is 46.9 Å². The van der Waals surface area contributed by atoms with Gasteiger partial charge in [0.15, 0.2) is 5.76 Å². The fraction of sp³-hybridized carbons (Fsp3) is 0.154. The lowest BCUT2D eigenvalue weighted by Gasteiger charge is -2.01. The highest BCUT2D eigenvalue weighted by Crippen LogP contribution is 2.15. The normalized spacial score (nSPS) is 10.2. The quantitative estimate of drug-likeness (QED) is 0.900. The summed E-state index contributed by atoms with van der Waals surface area (Å²) in [6.07, 6.45) is 1.99. The number of carbonyl (C=O) groups is 1. The molecule has 17 heavy (non-hydrogen) atoms. The van der Waals surface area contributed by atoms with Crippen molar-refractivity contribution >= 4 is 23.4 Å². The zero-order chi connectivity index (χ0) is 12.1. The number of para-hydroxylation sites is 1. The van der Waals surface area contributed by atoms with Crippen LogP contribution in [0.4, 0.5) is 5.69 Å². The third-order valence-electron chi connectivity index (χ3n) is 2.20. The molecule has 0 unspecified atom stereocenters. The van der Waals surface area contributed by atoms with Crippen molar-refractivity contribution in [3.8, 4) is 0 Å². The van der Waals surface area contributed by atoms with E-state index in [1.807, 2.05) is 42.7 Å². The SMILES string of the molecule is CSCc1ccc(C(=O)Nc2ccccc2)o1. The predicted molar refractivity (Wildman–Crippen MR) is 70.3 cm³/mol. The Morgan fingerprint density at radius 3 is 2.71 bits per heavy atom. The van der Waals surface area contributed by atoms with E-state index < -0.39 is 0 Å². The van der Waals surface area contributed by atoms with E-state index >= 15 is 0 Å². The monoisotopic (exact) mass is 247 g/mol. The zero-order valence-corrected chi connectivity index (χ0v) is 10.3. The van der Waals surface area contributed by atoms with E-state index in [2.05, 4.69) is 5.32 Å². The highest BCUT2D eigenvalue weighted by molar-refractivity contribution is 7.97. The summed E-state index contributed by atoms with van der Waals surface area (Å²) >= 11 is 1.66. The van der Waals surface area contributed by atoms with E-state index in [1.54, 1.807) is 17.8 Å². The highest BCUT2D eigenvalue weighted by atomic mass is 32.2. The molecule has 0 aliphatic carbocycles. The second-order valence-electron chi connectivity index (χ2n) is 3.52. The Bertz CT molecular complexity index is 493. The van der Waals surface area contributed by atoms with Gasteiger partial charge in [-0.2, -0.15) is 11.8 Å². The topological polar surface area (TPSA) is 42.2 Å². The van der Waals surface area contributed by atoms with Crippen molar-refractivity contribution < 1.29 is 9.21 Å². The summed E-state index contributed by atoms with van der Waals surface area (Å²) in [5.41, 5.74) is 0.764. The largest absolute Gasteiger partial charge is 0.455 e. The Morgan fingerprint density at radius 1 is 1.24 bits per heavy atom. The third-order valence-corrected chi connectivity index (χ3v) is 2.78. The maximum atomic E-state index is 11.8. The zero-order valence-electron chi connectivity index (χ0n) is 9.47. The Morgan fingerprint density at radius 2 is 2.00 bits per heavy atom. The van der Waals surface area contributed by atoms with Crippen molar-refractivity contribution in [1.82, 2.24) is 0 Å². The van der Waals surface area contributed by atoms with Gasteiger partial charge >= 0.3 is 0 Å². The van der Waals surface area contributed by atoms with Crippen molar-refractivity contribution in [3.05, 3.63) is 54.0 Å². The van der Waals surface area contributed by atoms with Gasteiger partial charge in [0.1, 0.15) is 5.76 Å². The molecule has 0 saturated heterocycles. The van der Waals surface area contributed by atoms with Crippen molar-refractivity contribution in [2.45, 2.75) is 5.75 Å². The van der Waals surface area contributed by atoms with Crippen LogP contribution in [0.5, 0.6) is 0 Å². The Balaban J connectivity index is 2.04. The lowest BCUT2D eigenvalue weighted by atomic mass is 10.3. The molecule has 4 heteroatoms. The molecule has 2 aromatic rings. The number of rotatable bonds is 4. The van der Waals surface area contributed by atoms with Crippen LogP contribution >= 0.6 is 11.8 Å². The maximum absolute atomic E-state index is 11.8. The molecule has 88 valence electrons. The first-order chi connectivity index (χ1) is 8.29. The summed E-state index contributed by atoms with van der Waals surface area (Å²) in [5, 5.41) is 2.77. The first kappa shape index (κ1) is 11.8. The average molecular weight is 247 g/mol. The number of anilines is 1. The summed E-state index contributed by atoms with van der Waals surface area (Å²) in [5.74, 6) is 1.72. The Hall–Kier alpha value is -1.68. The molecule has 0 spiro atoms. The molecular weight excluding hydrogens is 234 g/mol. The molecule has 0 radical (unpaired) electrons. The number of thioether (sulfide) groups is 1. The van der Waals surface area contributed by atoms with Crippen molar-refractivity contribution in [1.29, 1.82) is 0 Å². The summed E-state index contributed by atoms with van der Waals surface area (Å²) in [6, 6.07) is 12.8.